The number of rotatable bonds is 6. The highest BCUT2D eigenvalue weighted by Gasteiger charge is 2.10. The molecule has 1 atom stereocenters. The van der Waals surface area contributed by atoms with Gasteiger partial charge in [-0.2, -0.15) is 0 Å². The first-order chi connectivity index (χ1) is 12.1. The van der Waals surface area contributed by atoms with Crippen molar-refractivity contribution in [3.8, 4) is 0 Å². The standard InChI is InChI=1S/C20H23N3O2/c1-23-12-10-16-13-17(7-8-18(16)23)19(24)14-22-20(25)21-11-9-15-5-3-2-4-6-15/h2-8,10,12-13,19,24H,9,11,14H2,1H3,(H2,21,22,25). The topological polar surface area (TPSA) is 66.3 Å². The maximum absolute atomic E-state index is 11.8. The molecule has 0 aliphatic rings. The van der Waals surface area contributed by atoms with Gasteiger partial charge in [0.25, 0.3) is 0 Å². The number of nitrogens with zero attached hydrogens (tertiary/aromatic N) is 1. The average molecular weight is 337 g/mol. The second kappa shape index (κ2) is 7.85. The summed E-state index contributed by atoms with van der Waals surface area (Å²) in [4.78, 5) is 11.8. The number of fused-ring (bicyclic) bond motifs is 1. The highest BCUT2D eigenvalue weighted by molar-refractivity contribution is 5.81. The molecule has 0 bridgehead atoms. The number of nitrogens with one attached hydrogen (secondary N) is 2. The van der Waals surface area contributed by atoms with Crippen molar-refractivity contribution in [1.82, 2.24) is 15.2 Å². The molecule has 3 rings (SSSR count). The minimum absolute atomic E-state index is 0.176. The smallest absolute Gasteiger partial charge is 0.314 e. The zero-order valence-electron chi connectivity index (χ0n) is 14.3. The minimum Gasteiger partial charge on any atom is -0.387 e. The monoisotopic (exact) mass is 337 g/mol. The van der Waals surface area contributed by atoms with E-state index in [1.54, 1.807) is 0 Å². The quantitative estimate of drug-likeness (QED) is 0.647. The highest BCUT2D eigenvalue weighted by Crippen LogP contribution is 2.20. The molecule has 2 amide bonds. The van der Waals surface area contributed by atoms with Gasteiger partial charge in [-0.25, -0.2) is 4.79 Å². The third kappa shape index (κ3) is 4.39. The van der Waals surface area contributed by atoms with Gasteiger partial charge in [0.05, 0.1) is 6.10 Å². The van der Waals surface area contributed by atoms with Crippen LogP contribution < -0.4 is 10.6 Å². The number of hydrogen-bond donors (Lipinski definition) is 3. The van der Waals surface area contributed by atoms with Gasteiger partial charge in [0, 0.05) is 31.9 Å². The van der Waals surface area contributed by atoms with Crippen LogP contribution in [0.4, 0.5) is 4.79 Å². The van der Waals surface area contributed by atoms with Crippen LogP contribution in [0.3, 0.4) is 0 Å². The molecule has 5 nitrogen and oxygen atoms in total. The van der Waals surface area contributed by atoms with E-state index in [-0.39, 0.29) is 12.6 Å². The molecule has 0 fully saturated rings. The molecule has 3 N–H and O–H groups in total. The van der Waals surface area contributed by atoms with E-state index in [2.05, 4.69) is 10.6 Å². The SMILES string of the molecule is Cn1ccc2cc(C(O)CNC(=O)NCCc3ccccc3)ccc21. The van der Waals surface area contributed by atoms with Gasteiger partial charge in [0.15, 0.2) is 0 Å². The number of aliphatic hydroxyl groups excluding tert-OH is 1. The van der Waals surface area contributed by atoms with Gasteiger partial charge < -0.3 is 20.3 Å². The second-order valence-electron chi connectivity index (χ2n) is 6.13. The predicted octanol–water partition coefficient (Wildman–Crippen LogP) is 2.75. The third-order valence-corrected chi connectivity index (χ3v) is 4.29. The first-order valence-corrected chi connectivity index (χ1v) is 8.42. The Labute approximate surface area is 147 Å². The predicted molar refractivity (Wildman–Crippen MR) is 99.4 cm³/mol. The van der Waals surface area contributed by atoms with Gasteiger partial charge in [-0.3, -0.25) is 0 Å². The lowest BCUT2D eigenvalue weighted by Crippen LogP contribution is -2.38. The number of amides is 2. The number of carbonyl (C=O) groups excluding carboxylic acids is 1. The molecule has 2 aromatic carbocycles. The molecule has 0 saturated carbocycles. The van der Waals surface area contributed by atoms with Gasteiger partial charge >= 0.3 is 6.03 Å². The summed E-state index contributed by atoms with van der Waals surface area (Å²) >= 11 is 0. The summed E-state index contributed by atoms with van der Waals surface area (Å²) in [5.41, 5.74) is 3.09. The number of aryl methyl sites for hydroxylation is 1. The molecular formula is C20H23N3O2. The van der Waals surface area contributed by atoms with Gasteiger partial charge in [-0.05, 0) is 41.1 Å². The van der Waals surface area contributed by atoms with Gasteiger partial charge in [0.1, 0.15) is 0 Å². The number of carbonyl (C=O) groups is 1. The molecule has 1 aromatic heterocycles. The molecule has 3 aromatic rings. The van der Waals surface area contributed by atoms with Crippen molar-refractivity contribution in [2.24, 2.45) is 7.05 Å². The van der Waals surface area contributed by atoms with Crippen molar-refractivity contribution in [1.29, 1.82) is 0 Å². The first-order valence-electron chi connectivity index (χ1n) is 8.42. The lowest BCUT2D eigenvalue weighted by Gasteiger charge is -2.13. The minimum atomic E-state index is -0.732. The zero-order chi connectivity index (χ0) is 17.6. The van der Waals surface area contributed by atoms with E-state index in [0.717, 1.165) is 22.9 Å². The van der Waals surface area contributed by atoms with Gasteiger partial charge in [-0.1, -0.05) is 36.4 Å². The molecule has 0 aliphatic heterocycles. The molecule has 1 heterocycles. The summed E-state index contributed by atoms with van der Waals surface area (Å²) in [6.45, 7) is 0.734. The Kier molecular flexibility index (Phi) is 5.36. The summed E-state index contributed by atoms with van der Waals surface area (Å²) in [6.07, 6.45) is 2.03. The van der Waals surface area contributed by atoms with E-state index < -0.39 is 6.10 Å². The Bertz CT molecular complexity index is 843. The molecule has 130 valence electrons. The van der Waals surface area contributed by atoms with Gasteiger partial charge in [0.2, 0.25) is 0 Å². The number of hydrogen-bond acceptors (Lipinski definition) is 2. The Morgan fingerprint density at radius 3 is 2.72 bits per heavy atom. The van der Waals surface area contributed by atoms with Crippen molar-refractivity contribution in [2.45, 2.75) is 12.5 Å². The molecule has 25 heavy (non-hydrogen) atoms. The fourth-order valence-corrected chi connectivity index (χ4v) is 2.84. The van der Waals surface area contributed by atoms with E-state index in [4.69, 9.17) is 0 Å². The summed E-state index contributed by atoms with van der Waals surface area (Å²) in [5.74, 6) is 0. The van der Waals surface area contributed by atoms with Crippen molar-refractivity contribution in [3.63, 3.8) is 0 Å². The maximum Gasteiger partial charge on any atom is 0.314 e. The summed E-state index contributed by atoms with van der Waals surface area (Å²) in [7, 11) is 1.99. The van der Waals surface area contributed by atoms with Crippen LogP contribution in [0.5, 0.6) is 0 Å². The number of aliphatic hydroxyl groups is 1. The van der Waals surface area contributed by atoms with Crippen LogP contribution in [0.2, 0.25) is 0 Å². The largest absolute Gasteiger partial charge is 0.387 e. The third-order valence-electron chi connectivity index (χ3n) is 4.29. The van der Waals surface area contributed by atoms with Crippen LogP contribution in [-0.4, -0.2) is 28.8 Å². The Balaban J connectivity index is 1.45. The molecule has 0 radical (unpaired) electrons. The maximum atomic E-state index is 11.8. The van der Waals surface area contributed by atoms with Crippen molar-refractivity contribution >= 4 is 16.9 Å². The van der Waals surface area contributed by atoms with E-state index in [1.807, 2.05) is 72.4 Å². The van der Waals surface area contributed by atoms with E-state index in [0.29, 0.717) is 6.54 Å². The molecule has 1 unspecified atom stereocenters. The number of benzene rings is 2. The summed E-state index contributed by atoms with van der Waals surface area (Å²) < 4.78 is 2.03. The summed E-state index contributed by atoms with van der Waals surface area (Å²) in [5, 5.41) is 16.9. The molecule has 0 saturated heterocycles. The molecule has 0 spiro atoms. The van der Waals surface area contributed by atoms with Crippen molar-refractivity contribution in [2.75, 3.05) is 13.1 Å². The first kappa shape index (κ1) is 17.0. The van der Waals surface area contributed by atoms with Crippen LogP contribution in [0.25, 0.3) is 10.9 Å². The lowest BCUT2D eigenvalue weighted by atomic mass is 10.1. The van der Waals surface area contributed by atoms with Crippen LogP contribution >= 0.6 is 0 Å². The second-order valence-corrected chi connectivity index (χ2v) is 6.13. The fourth-order valence-electron chi connectivity index (χ4n) is 2.84. The number of aromatic nitrogens is 1. The van der Waals surface area contributed by atoms with Crippen LogP contribution in [0.15, 0.2) is 60.8 Å². The zero-order valence-corrected chi connectivity index (χ0v) is 14.3. The fraction of sp³-hybridized carbons (Fsp3) is 0.250. The van der Waals surface area contributed by atoms with Crippen LogP contribution in [0.1, 0.15) is 17.2 Å². The normalized spacial score (nSPS) is 12.1. The highest BCUT2D eigenvalue weighted by atomic mass is 16.3. The van der Waals surface area contributed by atoms with Gasteiger partial charge in [-0.15, -0.1) is 0 Å². The van der Waals surface area contributed by atoms with Crippen molar-refractivity contribution < 1.29 is 9.90 Å². The Morgan fingerprint density at radius 1 is 1.12 bits per heavy atom. The van der Waals surface area contributed by atoms with Crippen molar-refractivity contribution in [3.05, 3.63) is 71.9 Å². The van der Waals surface area contributed by atoms with E-state index >= 15 is 0 Å². The van der Waals surface area contributed by atoms with E-state index in [9.17, 15) is 9.90 Å². The Morgan fingerprint density at radius 2 is 1.92 bits per heavy atom. The molecular weight excluding hydrogens is 314 g/mol. The molecule has 5 heteroatoms. The van der Waals surface area contributed by atoms with Crippen LogP contribution in [-0.2, 0) is 13.5 Å². The van der Waals surface area contributed by atoms with Crippen LogP contribution in [0, 0.1) is 0 Å². The average Bonchev–Trinajstić information content (AvgIpc) is 3.01. The number of urea groups is 1. The van der Waals surface area contributed by atoms with E-state index in [1.165, 1.54) is 5.56 Å². The molecule has 0 aliphatic carbocycles. The Hall–Kier alpha value is -2.79. The summed E-state index contributed by atoms with van der Waals surface area (Å²) in [6, 6.07) is 17.6. The lowest BCUT2D eigenvalue weighted by molar-refractivity contribution is 0.173.